The highest BCUT2D eigenvalue weighted by molar-refractivity contribution is 7.12. The minimum atomic E-state index is -0.179. The zero-order chi connectivity index (χ0) is 21.1. The fraction of sp³-hybridized carbons (Fsp3) is 0.667. The van der Waals surface area contributed by atoms with E-state index in [1.54, 1.807) is 4.68 Å². The monoisotopic (exact) mass is 433 g/mol. The van der Waals surface area contributed by atoms with Gasteiger partial charge < -0.3 is 15.2 Å². The van der Waals surface area contributed by atoms with E-state index in [1.807, 2.05) is 17.5 Å². The predicted molar refractivity (Wildman–Crippen MR) is 114 cm³/mol. The van der Waals surface area contributed by atoms with Crippen molar-refractivity contribution in [3.8, 4) is 0 Å². The van der Waals surface area contributed by atoms with E-state index in [9.17, 15) is 4.79 Å². The van der Waals surface area contributed by atoms with Crippen molar-refractivity contribution in [3.05, 3.63) is 33.3 Å². The summed E-state index contributed by atoms with van der Waals surface area (Å²) in [4.78, 5) is 17.2. The van der Waals surface area contributed by atoms with Gasteiger partial charge in [0.25, 0.3) is 0 Å². The standard InChI is InChI=1S/C21H31N5O3S/c1-3-17-10-18-19(30-17)4-9-29-21(18)5-7-25(15(2)11-21)12-16-13-26(24-23-16)14-20(28)22-6-8-27/h10,13,15,27H,3-9,11-12,14H2,1-2H3,(H,22,28)/t15-,21+/m0/s1. The zero-order valence-electron chi connectivity index (χ0n) is 17.8. The van der Waals surface area contributed by atoms with Gasteiger partial charge in [0.15, 0.2) is 0 Å². The fourth-order valence-corrected chi connectivity index (χ4v) is 5.78. The van der Waals surface area contributed by atoms with Gasteiger partial charge in [-0.1, -0.05) is 12.1 Å². The molecule has 2 N–H and O–H groups in total. The molecule has 0 bridgehead atoms. The van der Waals surface area contributed by atoms with Crippen LogP contribution >= 0.6 is 11.3 Å². The molecule has 0 radical (unpaired) electrons. The summed E-state index contributed by atoms with van der Waals surface area (Å²) in [5, 5.41) is 19.7. The smallest absolute Gasteiger partial charge is 0.241 e. The number of rotatable bonds is 7. The Balaban J connectivity index is 1.38. The quantitative estimate of drug-likeness (QED) is 0.687. The number of likely N-dealkylation sites (tertiary alicyclic amines) is 1. The lowest BCUT2D eigenvalue weighted by molar-refractivity contribution is -0.122. The Labute approximate surface area is 181 Å². The lowest BCUT2D eigenvalue weighted by atomic mass is 9.79. The molecule has 1 amide bonds. The molecule has 2 aromatic heterocycles. The van der Waals surface area contributed by atoms with Crippen molar-refractivity contribution in [2.24, 2.45) is 0 Å². The summed E-state index contributed by atoms with van der Waals surface area (Å²) in [6.07, 6.45) is 5.93. The van der Waals surface area contributed by atoms with E-state index in [1.165, 1.54) is 15.3 Å². The number of fused-ring (bicyclic) bond motifs is 2. The first kappa shape index (κ1) is 21.4. The van der Waals surface area contributed by atoms with Crippen LogP contribution in [0.2, 0.25) is 0 Å². The number of ether oxygens (including phenoxy) is 1. The topological polar surface area (TPSA) is 92.5 Å². The van der Waals surface area contributed by atoms with E-state index in [0.29, 0.717) is 12.6 Å². The molecule has 0 saturated carbocycles. The number of hydrogen-bond donors (Lipinski definition) is 2. The molecule has 2 aliphatic heterocycles. The van der Waals surface area contributed by atoms with Gasteiger partial charge in [0.1, 0.15) is 6.54 Å². The molecule has 4 heterocycles. The third-order valence-electron chi connectivity index (χ3n) is 6.15. The molecule has 2 aliphatic rings. The molecular weight excluding hydrogens is 402 g/mol. The first-order valence-corrected chi connectivity index (χ1v) is 11.6. The molecule has 2 aromatic rings. The fourth-order valence-electron chi connectivity index (χ4n) is 4.60. The minimum absolute atomic E-state index is 0.0704. The van der Waals surface area contributed by atoms with Gasteiger partial charge >= 0.3 is 0 Å². The Hall–Kier alpha value is -1.81. The molecule has 1 spiro atoms. The molecule has 9 heteroatoms. The van der Waals surface area contributed by atoms with Crippen molar-refractivity contribution in [2.45, 2.75) is 64.3 Å². The molecular formula is C21H31N5O3S. The van der Waals surface area contributed by atoms with Crippen LogP contribution in [0.3, 0.4) is 0 Å². The van der Waals surface area contributed by atoms with Crippen LogP contribution in [-0.2, 0) is 41.1 Å². The van der Waals surface area contributed by atoms with Gasteiger partial charge in [-0.15, -0.1) is 16.4 Å². The molecule has 0 aliphatic carbocycles. The molecule has 1 fully saturated rings. The summed E-state index contributed by atoms with van der Waals surface area (Å²) >= 11 is 1.96. The second-order valence-electron chi connectivity index (χ2n) is 8.25. The van der Waals surface area contributed by atoms with Gasteiger partial charge in [0, 0.05) is 41.9 Å². The van der Waals surface area contributed by atoms with Gasteiger partial charge in [-0.3, -0.25) is 9.69 Å². The number of aliphatic hydroxyl groups excluding tert-OH is 1. The Morgan fingerprint density at radius 1 is 1.50 bits per heavy atom. The number of aryl methyl sites for hydroxylation is 1. The Kier molecular flexibility index (Phi) is 6.52. The molecule has 30 heavy (non-hydrogen) atoms. The normalized spacial score (nSPS) is 24.2. The summed E-state index contributed by atoms with van der Waals surface area (Å²) in [5.74, 6) is -0.179. The molecule has 8 nitrogen and oxygen atoms in total. The maximum Gasteiger partial charge on any atom is 0.241 e. The van der Waals surface area contributed by atoms with Crippen LogP contribution < -0.4 is 5.32 Å². The highest BCUT2D eigenvalue weighted by atomic mass is 32.1. The number of nitrogens with zero attached hydrogens (tertiary/aromatic N) is 4. The van der Waals surface area contributed by atoms with Gasteiger partial charge in [-0.25, -0.2) is 4.68 Å². The lowest BCUT2D eigenvalue weighted by Gasteiger charge is -2.47. The van der Waals surface area contributed by atoms with Gasteiger partial charge in [-0.05, 0) is 37.8 Å². The first-order chi connectivity index (χ1) is 14.5. The molecule has 2 atom stereocenters. The number of aliphatic hydroxyl groups is 1. The van der Waals surface area contributed by atoms with Gasteiger partial charge in [0.05, 0.1) is 30.7 Å². The molecule has 0 aromatic carbocycles. The first-order valence-electron chi connectivity index (χ1n) is 10.8. The highest BCUT2D eigenvalue weighted by Gasteiger charge is 2.44. The van der Waals surface area contributed by atoms with Crippen molar-refractivity contribution in [2.75, 3.05) is 26.3 Å². The number of amides is 1. The average molecular weight is 434 g/mol. The number of thiophene rings is 1. The van der Waals surface area contributed by atoms with E-state index in [2.05, 4.69) is 40.4 Å². The number of aromatic nitrogens is 3. The predicted octanol–water partition coefficient (Wildman–Crippen LogP) is 1.46. The van der Waals surface area contributed by atoms with Crippen LogP contribution in [0, 0.1) is 0 Å². The zero-order valence-corrected chi connectivity index (χ0v) is 18.6. The summed E-state index contributed by atoms with van der Waals surface area (Å²) in [7, 11) is 0. The summed E-state index contributed by atoms with van der Waals surface area (Å²) in [6.45, 7) is 7.25. The maximum absolute atomic E-state index is 11.8. The van der Waals surface area contributed by atoms with Crippen molar-refractivity contribution >= 4 is 17.2 Å². The SMILES string of the molecule is CCc1cc2c(s1)CCO[C@@]21CCN(Cc2cn(CC(=O)NCCO)nn2)[C@@H](C)C1. The van der Waals surface area contributed by atoms with Crippen LogP contribution in [-0.4, -0.2) is 63.3 Å². The number of carbonyl (C=O) groups excluding carboxylic acids is 1. The summed E-state index contributed by atoms with van der Waals surface area (Å²) in [5.41, 5.74) is 2.15. The Morgan fingerprint density at radius 3 is 3.13 bits per heavy atom. The molecule has 4 rings (SSSR count). The van der Waals surface area contributed by atoms with E-state index in [-0.39, 0.29) is 31.2 Å². The Bertz CT molecular complexity index is 882. The number of hydrogen-bond acceptors (Lipinski definition) is 7. The summed E-state index contributed by atoms with van der Waals surface area (Å²) < 4.78 is 7.97. The molecule has 0 unspecified atom stereocenters. The van der Waals surface area contributed by atoms with Crippen LogP contribution in [0.5, 0.6) is 0 Å². The second-order valence-corrected chi connectivity index (χ2v) is 9.47. The van der Waals surface area contributed by atoms with Gasteiger partial charge in [0.2, 0.25) is 5.91 Å². The van der Waals surface area contributed by atoms with Crippen molar-refractivity contribution in [1.82, 2.24) is 25.2 Å². The summed E-state index contributed by atoms with van der Waals surface area (Å²) in [6, 6.07) is 2.75. The van der Waals surface area contributed by atoms with E-state index in [0.717, 1.165) is 44.5 Å². The van der Waals surface area contributed by atoms with Crippen molar-refractivity contribution < 1.29 is 14.6 Å². The van der Waals surface area contributed by atoms with Crippen molar-refractivity contribution in [1.29, 1.82) is 0 Å². The van der Waals surface area contributed by atoms with Crippen LogP contribution in [0.4, 0.5) is 0 Å². The van der Waals surface area contributed by atoms with Crippen LogP contribution in [0.1, 0.15) is 47.7 Å². The Morgan fingerprint density at radius 2 is 2.37 bits per heavy atom. The lowest BCUT2D eigenvalue weighted by Crippen LogP contribution is -2.50. The number of nitrogens with one attached hydrogen (secondary N) is 1. The second kappa shape index (κ2) is 9.13. The average Bonchev–Trinajstić information content (AvgIpc) is 3.36. The number of carbonyl (C=O) groups is 1. The molecule has 1 saturated heterocycles. The highest BCUT2D eigenvalue weighted by Crippen LogP contribution is 2.46. The third-order valence-corrected chi connectivity index (χ3v) is 7.49. The van der Waals surface area contributed by atoms with E-state index < -0.39 is 0 Å². The number of piperidine rings is 1. The largest absolute Gasteiger partial charge is 0.395 e. The minimum Gasteiger partial charge on any atom is -0.395 e. The third kappa shape index (κ3) is 4.44. The van der Waals surface area contributed by atoms with E-state index in [4.69, 9.17) is 9.84 Å². The van der Waals surface area contributed by atoms with Gasteiger partial charge in [-0.2, -0.15) is 0 Å². The molecule has 164 valence electrons. The maximum atomic E-state index is 11.8. The van der Waals surface area contributed by atoms with Crippen LogP contribution in [0.25, 0.3) is 0 Å². The van der Waals surface area contributed by atoms with Crippen molar-refractivity contribution in [3.63, 3.8) is 0 Å². The van der Waals surface area contributed by atoms with Crippen LogP contribution in [0.15, 0.2) is 12.3 Å². The van der Waals surface area contributed by atoms with E-state index >= 15 is 0 Å².